The third-order valence-electron chi connectivity index (χ3n) is 3.79. The minimum absolute atomic E-state index is 0.0735. The third-order valence-corrected chi connectivity index (χ3v) is 3.79. The van der Waals surface area contributed by atoms with E-state index in [-0.39, 0.29) is 5.91 Å². The van der Waals surface area contributed by atoms with E-state index < -0.39 is 0 Å². The quantitative estimate of drug-likeness (QED) is 0.881. The molecule has 0 aliphatic rings. The lowest BCUT2D eigenvalue weighted by Crippen LogP contribution is -2.31. The Morgan fingerprint density at radius 3 is 2.35 bits per heavy atom. The van der Waals surface area contributed by atoms with Gasteiger partial charge >= 0.3 is 0 Å². The second kappa shape index (κ2) is 7.72. The highest BCUT2D eigenvalue weighted by Gasteiger charge is 2.14. The fourth-order valence-corrected chi connectivity index (χ4v) is 2.31. The Bertz CT molecular complexity index is 648. The van der Waals surface area contributed by atoms with E-state index in [2.05, 4.69) is 41.3 Å². The van der Waals surface area contributed by atoms with Crippen LogP contribution in [-0.4, -0.2) is 33.9 Å². The largest absolute Gasteiger partial charge is 0.340 e. The first-order valence-corrected chi connectivity index (χ1v) is 8.03. The first kappa shape index (κ1) is 16.9. The fraction of sp³-hybridized carbons (Fsp3) is 0.389. The van der Waals surface area contributed by atoms with E-state index in [9.17, 15) is 4.79 Å². The van der Waals surface area contributed by atoms with Crippen LogP contribution >= 0.6 is 0 Å². The summed E-state index contributed by atoms with van der Waals surface area (Å²) in [6.45, 7) is 9.57. The maximum absolute atomic E-state index is 12.3. The number of hydrogen-bond donors (Lipinski definition) is 1. The summed E-state index contributed by atoms with van der Waals surface area (Å²) in [7, 11) is 0. The molecule has 0 saturated carbocycles. The Labute approximate surface area is 137 Å². The Hall–Kier alpha value is -2.43. The van der Waals surface area contributed by atoms with E-state index in [0.29, 0.717) is 30.5 Å². The number of aromatic nitrogens is 2. The molecule has 0 fully saturated rings. The lowest BCUT2D eigenvalue weighted by Gasteiger charge is -2.18. The first-order valence-electron chi connectivity index (χ1n) is 8.03. The van der Waals surface area contributed by atoms with Crippen molar-refractivity contribution in [1.29, 1.82) is 0 Å². The van der Waals surface area contributed by atoms with Crippen molar-refractivity contribution in [2.45, 2.75) is 33.6 Å². The van der Waals surface area contributed by atoms with Crippen LogP contribution in [0.1, 0.15) is 49.7 Å². The predicted octanol–water partition coefficient (Wildman–Crippen LogP) is 3.83. The molecule has 1 amide bonds. The van der Waals surface area contributed by atoms with Crippen molar-refractivity contribution < 1.29 is 4.79 Å². The highest BCUT2D eigenvalue weighted by molar-refractivity contribution is 5.93. The zero-order chi connectivity index (χ0) is 16.8. The molecule has 2 rings (SSSR count). The van der Waals surface area contributed by atoms with Gasteiger partial charge in [-0.3, -0.25) is 4.79 Å². The zero-order valence-electron chi connectivity index (χ0n) is 14.2. The summed E-state index contributed by atoms with van der Waals surface area (Å²) < 4.78 is 0. The summed E-state index contributed by atoms with van der Waals surface area (Å²) >= 11 is 0. The highest BCUT2D eigenvalue weighted by atomic mass is 16.2. The summed E-state index contributed by atoms with van der Waals surface area (Å²) in [6.07, 6.45) is 1.42. The van der Waals surface area contributed by atoms with Gasteiger partial charge in [0, 0.05) is 24.8 Å². The van der Waals surface area contributed by atoms with Crippen LogP contribution in [0.5, 0.6) is 0 Å². The van der Waals surface area contributed by atoms with E-state index in [1.165, 1.54) is 11.9 Å². The van der Waals surface area contributed by atoms with Crippen molar-refractivity contribution in [2.24, 2.45) is 0 Å². The van der Waals surface area contributed by atoms with Gasteiger partial charge in [-0.05, 0) is 37.5 Å². The number of hydrogen-bond acceptors (Lipinski definition) is 4. The van der Waals surface area contributed by atoms with Crippen LogP contribution in [-0.2, 0) is 0 Å². The molecular formula is C18H24N4O. The van der Waals surface area contributed by atoms with Gasteiger partial charge in [0.25, 0.3) is 5.91 Å². The van der Waals surface area contributed by atoms with Crippen LogP contribution in [0, 0.1) is 0 Å². The van der Waals surface area contributed by atoms with Gasteiger partial charge in [-0.2, -0.15) is 0 Å². The molecule has 122 valence electrons. The van der Waals surface area contributed by atoms with E-state index in [1.54, 1.807) is 11.0 Å². The average Bonchev–Trinajstić information content (AvgIpc) is 2.56. The Balaban J connectivity index is 2.15. The highest BCUT2D eigenvalue weighted by Crippen LogP contribution is 2.20. The summed E-state index contributed by atoms with van der Waals surface area (Å²) in [6, 6.07) is 9.91. The molecule has 23 heavy (non-hydrogen) atoms. The number of carbonyl (C=O) groups excluding carboxylic acids is 1. The monoisotopic (exact) mass is 312 g/mol. The van der Waals surface area contributed by atoms with E-state index in [0.717, 1.165) is 5.69 Å². The maximum Gasteiger partial charge on any atom is 0.272 e. The molecule has 1 heterocycles. The Kier molecular flexibility index (Phi) is 5.68. The minimum Gasteiger partial charge on any atom is -0.340 e. The lowest BCUT2D eigenvalue weighted by molar-refractivity contribution is 0.0767. The predicted molar refractivity (Wildman–Crippen MR) is 93.1 cm³/mol. The maximum atomic E-state index is 12.3. The topological polar surface area (TPSA) is 58.1 Å². The Morgan fingerprint density at radius 1 is 1.13 bits per heavy atom. The standard InChI is InChI=1S/C18H24N4O/c1-5-22(6-2)18(23)16-11-17(20-12-19-16)21-15-9-7-14(8-10-15)13(3)4/h7-13H,5-6H2,1-4H3,(H,19,20,21). The first-order chi connectivity index (χ1) is 11.0. The summed E-state index contributed by atoms with van der Waals surface area (Å²) in [4.78, 5) is 22.4. The number of anilines is 2. The molecule has 0 aliphatic heterocycles. The van der Waals surface area contributed by atoms with Crippen LogP contribution in [0.3, 0.4) is 0 Å². The average molecular weight is 312 g/mol. The molecule has 0 radical (unpaired) electrons. The number of carbonyl (C=O) groups is 1. The molecule has 2 aromatic rings. The molecule has 1 aromatic heterocycles. The van der Waals surface area contributed by atoms with Gasteiger partial charge in [0.2, 0.25) is 0 Å². The second-order valence-corrected chi connectivity index (χ2v) is 5.67. The van der Waals surface area contributed by atoms with Gasteiger partial charge in [-0.15, -0.1) is 0 Å². The van der Waals surface area contributed by atoms with Gasteiger partial charge in [-0.1, -0.05) is 26.0 Å². The molecule has 0 spiro atoms. The number of benzene rings is 1. The lowest BCUT2D eigenvalue weighted by atomic mass is 10.0. The van der Waals surface area contributed by atoms with Crippen molar-refractivity contribution >= 4 is 17.4 Å². The minimum atomic E-state index is -0.0735. The number of nitrogens with one attached hydrogen (secondary N) is 1. The van der Waals surface area contributed by atoms with Crippen molar-refractivity contribution in [3.8, 4) is 0 Å². The van der Waals surface area contributed by atoms with Crippen molar-refractivity contribution in [1.82, 2.24) is 14.9 Å². The van der Waals surface area contributed by atoms with Gasteiger partial charge in [-0.25, -0.2) is 9.97 Å². The van der Waals surface area contributed by atoms with E-state index in [1.807, 2.05) is 26.0 Å². The van der Waals surface area contributed by atoms with Crippen LogP contribution in [0.4, 0.5) is 11.5 Å². The van der Waals surface area contributed by atoms with Gasteiger partial charge < -0.3 is 10.2 Å². The van der Waals surface area contributed by atoms with E-state index in [4.69, 9.17) is 0 Å². The van der Waals surface area contributed by atoms with E-state index >= 15 is 0 Å². The molecular weight excluding hydrogens is 288 g/mol. The normalized spacial score (nSPS) is 10.7. The van der Waals surface area contributed by atoms with Crippen LogP contribution in [0.15, 0.2) is 36.7 Å². The molecule has 1 N–H and O–H groups in total. The molecule has 0 bridgehead atoms. The smallest absolute Gasteiger partial charge is 0.272 e. The second-order valence-electron chi connectivity index (χ2n) is 5.67. The van der Waals surface area contributed by atoms with Crippen molar-refractivity contribution in [3.63, 3.8) is 0 Å². The van der Waals surface area contributed by atoms with Crippen LogP contribution in [0.2, 0.25) is 0 Å². The molecule has 1 aromatic carbocycles. The van der Waals surface area contributed by atoms with Gasteiger partial charge in [0.05, 0.1) is 0 Å². The molecule has 0 atom stereocenters. The molecule has 0 unspecified atom stereocenters. The molecule has 0 saturated heterocycles. The van der Waals surface area contributed by atoms with Crippen LogP contribution in [0.25, 0.3) is 0 Å². The summed E-state index contributed by atoms with van der Waals surface area (Å²) in [5.41, 5.74) is 2.63. The third kappa shape index (κ3) is 4.28. The Morgan fingerprint density at radius 2 is 1.78 bits per heavy atom. The number of nitrogens with zero attached hydrogens (tertiary/aromatic N) is 3. The van der Waals surface area contributed by atoms with Crippen molar-refractivity contribution in [3.05, 3.63) is 47.9 Å². The van der Waals surface area contributed by atoms with Gasteiger partial charge in [0.15, 0.2) is 0 Å². The summed E-state index contributed by atoms with van der Waals surface area (Å²) in [5, 5.41) is 3.22. The summed E-state index contributed by atoms with van der Waals surface area (Å²) in [5.74, 6) is 1.05. The molecule has 5 nitrogen and oxygen atoms in total. The molecule has 5 heteroatoms. The van der Waals surface area contributed by atoms with Gasteiger partial charge in [0.1, 0.15) is 17.8 Å². The van der Waals surface area contributed by atoms with Crippen molar-refractivity contribution in [2.75, 3.05) is 18.4 Å². The zero-order valence-corrected chi connectivity index (χ0v) is 14.2. The fourth-order valence-electron chi connectivity index (χ4n) is 2.31. The SMILES string of the molecule is CCN(CC)C(=O)c1cc(Nc2ccc(C(C)C)cc2)ncn1. The van der Waals surface area contributed by atoms with Crippen LogP contribution < -0.4 is 5.32 Å². The number of rotatable bonds is 6. The molecule has 0 aliphatic carbocycles. The number of amides is 1.